The third kappa shape index (κ3) is 4.01. The van der Waals surface area contributed by atoms with Crippen LogP contribution in [0.25, 0.3) is 0 Å². The van der Waals surface area contributed by atoms with Gasteiger partial charge in [0.15, 0.2) is 0 Å². The summed E-state index contributed by atoms with van der Waals surface area (Å²) in [6.45, 7) is 2.69. The van der Waals surface area contributed by atoms with Crippen LogP contribution in [0.15, 0.2) is 24.3 Å². The van der Waals surface area contributed by atoms with Crippen molar-refractivity contribution >= 4 is 28.8 Å². The number of nitrogens with one attached hydrogen (secondary N) is 1. The molecule has 2 aromatic rings. The zero-order valence-corrected chi connectivity index (χ0v) is 14.7. The molecule has 3 rings (SSSR count). The van der Waals surface area contributed by atoms with E-state index in [-0.39, 0.29) is 17.0 Å². The maximum Gasteiger partial charge on any atom is 0.286 e. The molecule has 6 nitrogen and oxygen atoms in total. The zero-order valence-electron chi connectivity index (χ0n) is 13.9. The highest BCUT2D eigenvalue weighted by Gasteiger charge is 2.32. The molecular formula is C17H19FN4O2S. The van der Waals surface area contributed by atoms with Gasteiger partial charge in [-0.15, -0.1) is 10.2 Å². The quantitative estimate of drug-likeness (QED) is 0.885. The maximum atomic E-state index is 13.2. The normalized spacial score (nSPS) is 16.9. The van der Waals surface area contributed by atoms with Crippen molar-refractivity contribution in [1.82, 2.24) is 15.1 Å². The minimum atomic E-state index is -0.432. The molecule has 0 radical (unpaired) electrons. The Hall–Kier alpha value is -2.35. The smallest absolute Gasteiger partial charge is 0.286 e. The molecule has 0 bridgehead atoms. The molecule has 1 atom stereocenters. The fraction of sp³-hybridized carbons (Fsp3) is 0.412. The fourth-order valence-electron chi connectivity index (χ4n) is 2.89. The molecule has 8 heteroatoms. The van der Waals surface area contributed by atoms with E-state index in [1.54, 1.807) is 6.07 Å². The van der Waals surface area contributed by atoms with Crippen LogP contribution in [0.5, 0.6) is 0 Å². The molecular weight excluding hydrogens is 343 g/mol. The zero-order chi connectivity index (χ0) is 17.8. The molecule has 1 aromatic heterocycles. The highest BCUT2D eigenvalue weighted by molar-refractivity contribution is 7.13. The minimum absolute atomic E-state index is 0.104. The predicted octanol–water partition coefficient (Wildman–Crippen LogP) is 3.39. The molecule has 2 amide bonds. The Morgan fingerprint density at radius 1 is 1.40 bits per heavy atom. The van der Waals surface area contributed by atoms with Crippen LogP contribution >= 0.6 is 11.3 Å². The molecule has 1 aliphatic rings. The maximum absolute atomic E-state index is 13.2. The Kier molecular flexibility index (Phi) is 5.37. The van der Waals surface area contributed by atoms with Gasteiger partial charge >= 0.3 is 0 Å². The van der Waals surface area contributed by atoms with Gasteiger partial charge in [-0.3, -0.25) is 9.59 Å². The summed E-state index contributed by atoms with van der Waals surface area (Å²) >= 11 is 1.18. The van der Waals surface area contributed by atoms with Crippen LogP contribution < -0.4 is 5.32 Å². The Morgan fingerprint density at radius 2 is 2.24 bits per heavy atom. The van der Waals surface area contributed by atoms with Gasteiger partial charge in [0.25, 0.3) is 5.91 Å². The molecule has 132 valence electrons. The summed E-state index contributed by atoms with van der Waals surface area (Å²) in [5.74, 6) is -0.739. The molecule has 0 spiro atoms. The number of benzene rings is 1. The predicted molar refractivity (Wildman–Crippen MR) is 92.9 cm³/mol. The third-order valence-electron chi connectivity index (χ3n) is 4.04. The number of carbonyl (C=O) groups is 2. The number of likely N-dealkylation sites (tertiary alicyclic amines) is 1. The van der Waals surface area contributed by atoms with Crippen molar-refractivity contribution in [3.63, 3.8) is 0 Å². The van der Waals surface area contributed by atoms with Gasteiger partial charge < -0.3 is 10.2 Å². The van der Waals surface area contributed by atoms with E-state index in [1.165, 1.54) is 29.5 Å². The monoisotopic (exact) mass is 362 g/mol. The van der Waals surface area contributed by atoms with Gasteiger partial charge in [0.2, 0.25) is 10.9 Å². The first-order valence-corrected chi connectivity index (χ1v) is 9.10. The van der Waals surface area contributed by atoms with Gasteiger partial charge in [0.05, 0.1) is 6.04 Å². The van der Waals surface area contributed by atoms with Gasteiger partial charge in [0, 0.05) is 18.7 Å². The van der Waals surface area contributed by atoms with E-state index in [0.717, 1.165) is 19.3 Å². The average molecular weight is 362 g/mol. The first-order valence-electron chi connectivity index (χ1n) is 8.28. The van der Waals surface area contributed by atoms with Crippen LogP contribution in [0.1, 0.15) is 53.5 Å². The summed E-state index contributed by atoms with van der Waals surface area (Å²) < 4.78 is 13.2. The lowest BCUT2D eigenvalue weighted by molar-refractivity contribution is -0.132. The summed E-state index contributed by atoms with van der Waals surface area (Å²) in [6, 6.07) is 5.56. The van der Waals surface area contributed by atoms with Crippen molar-refractivity contribution in [2.24, 2.45) is 0 Å². The topological polar surface area (TPSA) is 75.2 Å². The van der Waals surface area contributed by atoms with Gasteiger partial charge in [0.1, 0.15) is 10.8 Å². The number of amides is 2. The summed E-state index contributed by atoms with van der Waals surface area (Å²) in [6.07, 6.45) is 3.07. The fourth-order valence-corrected chi connectivity index (χ4v) is 3.78. The highest BCUT2D eigenvalue weighted by Crippen LogP contribution is 2.34. The minimum Gasteiger partial charge on any atom is -0.333 e. The number of carbonyl (C=O) groups excluding carboxylic acids is 2. The van der Waals surface area contributed by atoms with Gasteiger partial charge in [-0.1, -0.05) is 24.3 Å². The van der Waals surface area contributed by atoms with Crippen LogP contribution in [0.3, 0.4) is 0 Å². The largest absolute Gasteiger partial charge is 0.333 e. The number of anilines is 1. The standard InChI is InChI=1S/C17H19FN4O2S/c1-2-5-14(23)22-9-4-8-13(22)16-20-21-17(25-16)15(24)19-12-7-3-6-11(18)10-12/h3,6-7,10,13H,2,4-5,8-9H2,1H3,(H,19,24). The molecule has 1 aromatic carbocycles. The van der Waals surface area contributed by atoms with Crippen molar-refractivity contribution in [1.29, 1.82) is 0 Å². The van der Waals surface area contributed by atoms with Gasteiger partial charge in [-0.25, -0.2) is 4.39 Å². The lowest BCUT2D eigenvalue weighted by Crippen LogP contribution is -2.30. The molecule has 0 saturated carbocycles. The van der Waals surface area contributed by atoms with E-state index in [0.29, 0.717) is 23.7 Å². The van der Waals surface area contributed by atoms with Crippen molar-refractivity contribution in [3.8, 4) is 0 Å². The van der Waals surface area contributed by atoms with E-state index in [2.05, 4.69) is 15.5 Å². The van der Waals surface area contributed by atoms with Crippen molar-refractivity contribution in [3.05, 3.63) is 40.1 Å². The Balaban J connectivity index is 1.71. The summed E-state index contributed by atoms with van der Waals surface area (Å²) in [5.41, 5.74) is 0.363. The number of aromatic nitrogens is 2. The SMILES string of the molecule is CCCC(=O)N1CCCC1c1nnc(C(=O)Nc2cccc(F)c2)s1. The van der Waals surface area contributed by atoms with Crippen LogP contribution in [0, 0.1) is 5.82 Å². The van der Waals surface area contributed by atoms with Crippen LogP contribution in [-0.2, 0) is 4.79 Å². The third-order valence-corrected chi connectivity index (χ3v) is 5.06. The van der Waals surface area contributed by atoms with Crippen LogP contribution in [-0.4, -0.2) is 33.5 Å². The molecule has 1 unspecified atom stereocenters. The number of nitrogens with zero attached hydrogens (tertiary/aromatic N) is 3. The second-order valence-electron chi connectivity index (χ2n) is 5.91. The van der Waals surface area contributed by atoms with E-state index in [1.807, 2.05) is 11.8 Å². The van der Waals surface area contributed by atoms with Crippen molar-refractivity contribution in [2.45, 2.75) is 38.6 Å². The molecule has 0 aliphatic carbocycles. The number of halogens is 1. The summed E-state index contributed by atoms with van der Waals surface area (Å²) in [5, 5.41) is 11.5. The van der Waals surface area contributed by atoms with Crippen LogP contribution in [0.2, 0.25) is 0 Å². The Morgan fingerprint density at radius 3 is 3.00 bits per heavy atom. The Labute approximate surface area is 149 Å². The van der Waals surface area contributed by atoms with E-state index < -0.39 is 11.7 Å². The summed E-state index contributed by atoms with van der Waals surface area (Å²) in [4.78, 5) is 26.3. The second-order valence-corrected chi connectivity index (χ2v) is 6.91. The molecule has 1 N–H and O–H groups in total. The van der Waals surface area contributed by atoms with E-state index in [4.69, 9.17) is 0 Å². The highest BCUT2D eigenvalue weighted by atomic mass is 32.1. The number of hydrogen-bond donors (Lipinski definition) is 1. The number of rotatable bonds is 5. The summed E-state index contributed by atoms with van der Waals surface area (Å²) in [7, 11) is 0. The molecule has 1 fully saturated rings. The van der Waals surface area contributed by atoms with Crippen molar-refractivity contribution < 1.29 is 14.0 Å². The Bertz CT molecular complexity index is 780. The lowest BCUT2D eigenvalue weighted by atomic mass is 10.2. The second kappa shape index (κ2) is 7.69. The van der Waals surface area contributed by atoms with Crippen molar-refractivity contribution in [2.75, 3.05) is 11.9 Å². The lowest BCUT2D eigenvalue weighted by Gasteiger charge is -2.22. The first-order chi connectivity index (χ1) is 12.1. The molecule has 1 aliphatic heterocycles. The molecule has 1 saturated heterocycles. The number of hydrogen-bond acceptors (Lipinski definition) is 5. The first kappa shape index (κ1) is 17.5. The van der Waals surface area contributed by atoms with Gasteiger partial charge in [-0.05, 0) is 37.5 Å². The average Bonchev–Trinajstić information content (AvgIpc) is 3.24. The van der Waals surface area contributed by atoms with E-state index >= 15 is 0 Å². The van der Waals surface area contributed by atoms with Crippen LogP contribution in [0.4, 0.5) is 10.1 Å². The van der Waals surface area contributed by atoms with E-state index in [9.17, 15) is 14.0 Å². The molecule has 25 heavy (non-hydrogen) atoms. The molecule has 2 heterocycles. The van der Waals surface area contributed by atoms with Gasteiger partial charge in [-0.2, -0.15) is 0 Å².